The predicted molar refractivity (Wildman–Crippen MR) is 83.9 cm³/mol. The minimum atomic E-state index is -0.625. The van der Waals surface area contributed by atoms with Crippen molar-refractivity contribution in [1.82, 2.24) is 9.78 Å². The molecule has 0 radical (unpaired) electrons. The molecule has 2 atom stereocenters. The van der Waals surface area contributed by atoms with Gasteiger partial charge in [-0.25, -0.2) is 0 Å². The summed E-state index contributed by atoms with van der Waals surface area (Å²) in [5, 5.41) is 15.8. The van der Waals surface area contributed by atoms with Crippen LogP contribution in [0, 0.1) is 0 Å². The van der Waals surface area contributed by atoms with E-state index in [-0.39, 0.29) is 6.04 Å². The lowest BCUT2D eigenvalue weighted by Gasteiger charge is -2.18. The summed E-state index contributed by atoms with van der Waals surface area (Å²) in [4.78, 5) is 0. The Hall–Kier alpha value is -2.17. The molecule has 2 aromatic carbocycles. The highest BCUT2D eigenvalue weighted by molar-refractivity contribution is 5.77. The summed E-state index contributed by atoms with van der Waals surface area (Å²) in [6.45, 7) is 0.405. The van der Waals surface area contributed by atoms with E-state index in [1.807, 2.05) is 60.8 Å². The smallest absolute Gasteiger partial charge is 0.0923 e. The van der Waals surface area contributed by atoms with Gasteiger partial charge in [-0.15, -0.1) is 0 Å². The van der Waals surface area contributed by atoms with E-state index in [0.717, 1.165) is 16.5 Å². The molecule has 1 heterocycles. The van der Waals surface area contributed by atoms with Crippen molar-refractivity contribution in [1.29, 1.82) is 0 Å². The zero-order valence-electron chi connectivity index (χ0n) is 11.8. The second-order valence-corrected chi connectivity index (χ2v) is 5.33. The van der Waals surface area contributed by atoms with Crippen LogP contribution in [0.1, 0.15) is 5.56 Å². The van der Waals surface area contributed by atoms with Gasteiger partial charge < -0.3 is 10.8 Å². The number of aliphatic hydroxyl groups excluding tert-OH is 1. The van der Waals surface area contributed by atoms with E-state index in [9.17, 15) is 5.11 Å². The minimum absolute atomic E-state index is 0.306. The standard InChI is InChI=1S/C17H19N3O/c18-15(10-13-6-2-1-3-7-13)17(21)12-20-11-14-8-4-5-9-16(14)19-20/h1-9,11,15,17,21H,10,12,18H2/t15-,17+/m1/s1. The Bertz CT molecular complexity index is 675. The van der Waals surface area contributed by atoms with Gasteiger partial charge in [0.2, 0.25) is 0 Å². The molecule has 0 spiro atoms. The van der Waals surface area contributed by atoms with Gasteiger partial charge in [-0.1, -0.05) is 48.5 Å². The number of nitrogens with zero attached hydrogens (tertiary/aromatic N) is 2. The van der Waals surface area contributed by atoms with Gasteiger partial charge in [0.15, 0.2) is 0 Å². The van der Waals surface area contributed by atoms with E-state index >= 15 is 0 Å². The first-order chi connectivity index (χ1) is 10.2. The Morgan fingerprint density at radius 1 is 1.05 bits per heavy atom. The van der Waals surface area contributed by atoms with Crippen LogP contribution in [0.15, 0.2) is 60.8 Å². The lowest BCUT2D eigenvalue weighted by atomic mass is 10.0. The van der Waals surface area contributed by atoms with Crippen molar-refractivity contribution in [2.24, 2.45) is 5.73 Å². The van der Waals surface area contributed by atoms with Crippen molar-refractivity contribution in [3.8, 4) is 0 Å². The summed E-state index contributed by atoms with van der Waals surface area (Å²) >= 11 is 0. The summed E-state index contributed by atoms with van der Waals surface area (Å²) < 4.78 is 1.76. The third kappa shape index (κ3) is 3.29. The molecule has 0 aliphatic carbocycles. The number of benzene rings is 2. The zero-order chi connectivity index (χ0) is 14.7. The van der Waals surface area contributed by atoms with Crippen molar-refractivity contribution in [3.63, 3.8) is 0 Å². The second kappa shape index (κ2) is 6.08. The first-order valence-electron chi connectivity index (χ1n) is 7.12. The fourth-order valence-corrected chi connectivity index (χ4v) is 2.46. The highest BCUT2D eigenvalue weighted by Crippen LogP contribution is 2.12. The summed E-state index contributed by atoms with van der Waals surface area (Å²) in [5.74, 6) is 0. The molecule has 21 heavy (non-hydrogen) atoms. The quantitative estimate of drug-likeness (QED) is 0.751. The van der Waals surface area contributed by atoms with E-state index in [0.29, 0.717) is 13.0 Å². The predicted octanol–water partition coefficient (Wildman–Crippen LogP) is 1.97. The molecule has 4 nitrogen and oxygen atoms in total. The molecule has 0 unspecified atom stereocenters. The van der Waals surface area contributed by atoms with E-state index in [1.165, 1.54) is 0 Å². The highest BCUT2D eigenvalue weighted by Gasteiger charge is 2.16. The van der Waals surface area contributed by atoms with Crippen molar-refractivity contribution >= 4 is 10.9 Å². The Kier molecular flexibility index (Phi) is 3.99. The van der Waals surface area contributed by atoms with E-state index in [1.54, 1.807) is 4.68 Å². The van der Waals surface area contributed by atoms with Crippen LogP contribution in [0.25, 0.3) is 10.9 Å². The molecule has 3 rings (SSSR count). The molecule has 0 saturated carbocycles. The van der Waals surface area contributed by atoms with Crippen LogP contribution in [0.4, 0.5) is 0 Å². The molecule has 0 bridgehead atoms. The van der Waals surface area contributed by atoms with Crippen LogP contribution >= 0.6 is 0 Å². The van der Waals surface area contributed by atoms with E-state index in [2.05, 4.69) is 5.10 Å². The topological polar surface area (TPSA) is 64.1 Å². The van der Waals surface area contributed by atoms with Crippen LogP contribution in [0.2, 0.25) is 0 Å². The van der Waals surface area contributed by atoms with Crippen LogP contribution < -0.4 is 5.73 Å². The minimum Gasteiger partial charge on any atom is -0.390 e. The first kappa shape index (κ1) is 13.8. The molecule has 0 amide bonds. The van der Waals surface area contributed by atoms with Gasteiger partial charge in [-0.2, -0.15) is 5.10 Å². The summed E-state index contributed by atoms with van der Waals surface area (Å²) in [7, 11) is 0. The van der Waals surface area contributed by atoms with Crippen LogP contribution in [0.5, 0.6) is 0 Å². The van der Waals surface area contributed by atoms with Crippen LogP contribution in [0.3, 0.4) is 0 Å². The van der Waals surface area contributed by atoms with E-state index < -0.39 is 6.10 Å². The maximum atomic E-state index is 10.3. The summed E-state index contributed by atoms with van der Waals surface area (Å²) in [6.07, 6.45) is 1.97. The van der Waals surface area contributed by atoms with Crippen molar-refractivity contribution < 1.29 is 5.11 Å². The summed E-state index contributed by atoms with van der Waals surface area (Å²) in [5.41, 5.74) is 8.17. The lowest BCUT2D eigenvalue weighted by Crippen LogP contribution is -2.39. The van der Waals surface area contributed by atoms with Gasteiger partial charge in [0, 0.05) is 17.6 Å². The van der Waals surface area contributed by atoms with Gasteiger partial charge in [0.1, 0.15) is 0 Å². The average molecular weight is 281 g/mol. The van der Waals surface area contributed by atoms with Crippen molar-refractivity contribution in [2.45, 2.75) is 25.1 Å². The average Bonchev–Trinajstić information content (AvgIpc) is 2.90. The third-order valence-corrected chi connectivity index (χ3v) is 3.64. The SMILES string of the molecule is N[C@H](Cc1ccccc1)[C@@H](O)Cn1cc2ccccc2n1. The number of aliphatic hydroxyl groups is 1. The Labute approximate surface area is 123 Å². The molecular formula is C17H19N3O. The fourth-order valence-electron chi connectivity index (χ4n) is 2.46. The first-order valence-corrected chi connectivity index (χ1v) is 7.12. The monoisotopic (exact) mass is 281 g/mol. The molecule has 1 aromatic heterocycles. The molecule has 3 N–H and O–H groups in total. The van der Waals surface area contributed by atoms with Crippen LogP contribution in [-0.4, -0.2) is 27.0 Å². The van der Waals surface area contributed by atoms with Crippen molar-refractivity contribution in [2.75, 3.05) is 0 Å². The third-order valence-electron chi connectivity index (χ3n) is 3.64. The molecule has 0 aliphatic rings. The normalized spacial score (nSPS) is 14.2. The van der Waals surface area contributed by atoms with Gasteiger partial charge in [-0.05, 0) is 18.1 Å². The molecule has 3 aromatic rings. The number of aromatic nitrogens is 2. The Morgan fingerprint density at radius 3 is 2.52 bits per heavy atom. The van der Waals surface area contributed by atoms with Crippen molar-refractivity contribution in [3.05, 3.63) is 66.4 Å². The lowest BCUT2D eigenvalue weighted by molar-refractivity contribution is 0.121. The Morgan fingerprint density at radius 2 is 1.76 bits per heavy atom. The van der Waals surface area contributed by atoms with Gasteiger partial charge in [0.05, 0.1) is 18.2 Å². The molecule has 108 valence electrons. The molecular weight excluding hydrogens is 262 g/mol. The largest absolute Gasteiger partial charge is 0.390 e. The zero-order valence-corrected chi connectivity index (χ0v) is 11.8. The van der Waals surface area contributed by atoms with Gasteiger partial charge in [-0.3, -0.25) is 4.68 Å². The van der Waals surface area contributed by atoms with E-state index in [4.69, 9.17) is 5.73 Å². The molecule has 0 fully saturated rings. The fraction of sp³-hybridized carbons (Fsp3) is 0.235. The molecule has 0 saturated heterocycles. The van der Waals surface area contributed by atoms with Crippen LogP contribution in [-0.2, 0) is 13.0 Å². The number of fused-ring (bicyclic) bond motifs is 1. The van der Waals surface area contributed by atoms with Gasteiger partial charge >= 0.3 is 0 Å². The summed E-state index contributed by atoms with van der Waals surface area (Å²) in [6, 6.07) is 17.6. The Balaban J connectivity index is 1.66. The number of nitrogens with two attached hydrogens (primary N) is 1. The maximum absolute atomic E-state index is 10.3. The highest BCUT2D eigenvalue weighted by atomic mass is 16.3. The number of rotatable bonds is 5. The van der Waals surface area contributed by atoms with Gasteiger partial charge in [0.25, 0.3) is 0 Å². The maximum Gasteiger partial charge on any atom is 0.0923 e. The number of hydrogen-bond acceptors (Lipinski definition) is 3. The number of hydrogen-bond donors (Lipinski definition) is 2. The molecule has 4 heteroatoms. The molecule has 0 aliphatic heterocycles. The second-order valence-electron chi connectivity index (χ2n) is 5.33.